The molecule has 6 aliphatic rings. The van der Waals surface area contributed by atoms with E-state index in [1.807, 2.05) is 6.08 Å². The second-order valence-electron chi connectivity index (χ2n) is 12.8. The van der Waals surface area contributed by atoms with Crippen LogP contribution < -0.4 is 0 Å². The number of fused-ring (bicyclic) bond motifs is 7. The van der Waals surface area contributed by atoms with Crippen molar-refractivity contribution in [3.8, 4) is 0 Å². The van der Waals surface area contributed by atoms with Gasteiger partial charge in [-0.05, 0) is 78.8 Å². The fraction of sp³-hybridized carbons (Fsp3) is 0.828. The van der Waals surface area contributed by atoms with Crippen LogP contribution in [0.15, 0.2) is 23.8 Å². The zero-order valence-corrected chi connectivity index (χ0v) is 21.1. The molecule has 0 amide bonds. The molecule has 6 rings (SSSR count). The topological polar surface area (TPSA) is 48.1 Å². The fourth-order valence-electron chi connectivity index (χ4n) is 9.21. The summed E-state index contributed by atoms with van der Waals surface area (Å²) in [5.74, 6) is 3.62. The molecule has 0 radical (unpaired) electrons. The first-order chi connectivity index (χ1) is 15.7. The molecule has 2 heterocycles. The standard InChI is InChI=1S/C29H42O4/c1-17(2)29(31-14-15-32-29)13-10-18(3)21-8-9-22-20-7-6-19-16-24(30)25-26(33-25)28(19,5)23(20)11-12-27(21,22)4/h6-7,16-18,20-23,25-26H,8-15H2,1-5H3/t18-,20+,21-,22+,23+,25+,26+,27-,28+/m1/s1. The Morgan fingerprint density at radius 2 is 1.82 bits per heavy atom. The van der Waals surface area contributed by atoms with Gasteiger partial charge in [0, 0.05) is 17.8 Å². The maximum absolute atomic E-state index is 12.3. The maximum Gasteiger partial charge on any atom is 0.187 e. The van der Waals surface area contributed by atoms with E-state index in [9.17, 15) is 4.79 Å². The van der Waals surface area contributed by atoms with Crippen LogP contribution in [0.5, 0.6) is 0 Å². The lowest BCUT2D eigenvalue weighted by atomic mass is 9.48. The molecular formula is C29H42O4. The molecule has 0 aromatic heterocycles. The summed E-state index contributed by atoms with van der Waals surface area (Å²) in [5, 5.41) is 0. The second kappa shape index (κ2) is 7.51. The average molecular weight is 455 g/mol. The number of carbonyl (C=O) groups is 1. The van der Waals surface area contributed by atoms with Crippen LogP contribution in [0.3, 0.4) is 0 Å². The Balaban J connectivity index is 1.20. The van der Waals surface area contributed by atoms with Gasteiger partial charge in [0.2, 0.25) is 0 Å². The van der Waals surface area contributed by atoms with Gasteiger partial charge in [-0.15, -0.1) is 0 Å². The van der Waals surface area contributed by atoms with E-state index < -0.39 is 0 Å². The molecular weight excluding hydrogens is 412 g/mol. The van der Waals surface area contributed by atoms with Crippen molar-refractivity contribution in [1.82, 2.24) is 0 Å². The zero-order chi connectivity index (χ0) is 23.2. The monoisotopic (exact) mass is 454 g/mol. The predicted octanol–water partition coefficient (Wildman–Crippen LogP) is 5.71. The average Bonchev–Trinajstić information content (AvgIpc) is 3.33. The Morgan fingerprint density at radius 3 is 2.55 bits per heavy atom. The van der Waals surface area contributed by atoms with E-state index >= 15 is 0 Å². The van der Waals surface area contributed by atoms with Crippen molar-refractivity contribution >= 4 is 5.78 Å². The van der Waals surface area contributed by atoms with Gasteiger partial charge >= 0.3 is 0 Å². The van der Waals surface area contributed by atoms with Gasteiger partial charge in [-0.2, -0.15) is 0 Å². The van der Waals surface area contributed by atoms with E-state index in [-0.39, 0.29) is 29.2 Å². The normalized spacial score (nSPS) is 48.1. The third-order valence-corrected chi connectivity index (χ3v) is 11.2. The Bertz CT molecular complexity index is 882. The molecule has 2 saturated carbocycles. The van der Waals surface area contributed by atoms with Crippen molar-refractivity contribution in [3.63, 3.8) is 0 Å². The number of rotatable bonds is 5. The SMILES string of the molecule is CC(C)C1(CC[C@@H](C)[C@H]2CC[C@H]3[C@@H]4C=CC5=CC(=O)[C@@H]6O[C@@H]6[C@]5(C)[C@H]4CC[C@]23C)OCCO1. The third kappa shape index (κ3) is 3.09. The highest BCUT2D eigenvalue weighted by molar-refractivity contribution is 5.98. The molecule has 4 fully saturated rings. The van der Waals surface area contributed by atoms with Crippen molar-refractivity contribution in [1.29, 1.82) is 0 Å². The Labute approximate surface area is 199 Å². The summed E-state index contributed by atoms with van der Waals surface area (Å²) >= 11 is 0. The Morgan fingerprint density at radius 1 is 1.06 bits per heavy atom. The summed E-state index contributed by atoms with van der Waals surface area (Å²) in [5.41, 5.74) is 1.65. The zero-order valence-electron chi connectivity index (χ0n) is 21.1. The second-order valence-corrected chi connectivity index (χ2v) is 12.8. The van der Waals surface area contributed by atoms with E-state index in [0.717, 1.165) is 31.5 Å². The first kappa shape index (κ1) is 22.5. The molecule has 4 aliphatic carbocycles. The molecule has 0 bridgehead atoms. The summed E-state index contributed by atoms with van der Waals surface area (Å²) in [6, 6.07) is 0. The van der Waals surface area contributed by atoms with Crippen molar-refractivity contribution in [2.75, 3.05) is 13.2 Å². The lowest BCUT2D eigenvalue weighted by Gasteiger charge is -2.56. The Kier molecular flexibility index (Phi) is 5.12. The number of epoxide rings is 1. The summed E-state index contributed by atoms with van der Waals surface area (Å²) < 4.78 is 18.2. The van der Waals surface area contributed by atoms with E-state index in [1.165, 1.54) is 37.7 Å². The van der Waals surface area contributed by atoms with Crippen molar-refractivity contribution in [2.45, 2.75) is 91.1 Å². The highest BCUT2D eigenvalue weighted by Gasteiger charge is 2.66. The van der Waals surface area contributed by atoms with Gasteiger partial charge in [0.25, 0.3) is 0 Å². The van der Waals surface area contributed by atoms with Crippen molar-refractivity contribution in [3.05, 3.63) is 23.8 Å². The molecule has 0 N–H and O–H groups in total. The quantitative estimate of drug-likeness (QED) is 0.499. The molecule has 4 heteroatoms. The van der Waals surface area contributed by atoms with Crippen LogP contribution in [0.1, 0.15) is 73.1 Å². The van der Waals surface area contributed by atoms with Gasteiger partial charge in [-0.3, -0.25) is 4.79 Å². The van der Waals surface area contributed by atoms with Gasteiger partial charge in [0.05, 0.1) is 13.2 Å². The van der Waals surface area contributed by atoms with Gasteiger partial charge < -0.3 is 14.2 Å². The minimum absolute atomic E-state index is 0.0177. The highest BCUT2D eigenvalue weighted by atomic mass is 16.7. The Hall–Kier alpha value is -0.970. The minimum atomic E-state index is -0.368. The number of hydrogen-bond acceptors (Lipinski definition) is 4. The van der Waals surface area contributed by atoms with Gasteiger partial charge in [-0.1, -0.05) is 46.8 Å². The van der Waals surface area contributed by atoms with Gasteiger partial charge in [-0.25, -0.2) is 0 Å². The summed E-state index contributed by atoms with van der Waals surface area (Å²) in [4.78, 5) is 12.3. The van der Waals surface area contributed by atoms with Crippen molar-refractivity contribution in [2.24, 2.45) is 46.3 Å². The minimum Gasteiger partial charge on any atom is -0.360 e. The molecule has 9 atom stereocenters. The molecule has 2 saturated heterocycles. The number of hydrogen-bond donors (Lipinski definition) is 0. The smallest absolute Gasteiger partial charge is 0.187 e. The molecule has 182 valence electrons. The predicted molar refractivity (Wildman–Crippen MR) is 127 cm³/mol. The van der Waals surface area contributed by atoms with Crippen LogP contribution >= 0.6 is 0 Å². The van der Waals surface area contributed by atoms with E-state index in [4.69, 9.17) is 14.2 Å². The molecule has 0 aromatic carbocycles. The van der Waals surface area contributed by atoms with E-state index in [0.29, 0.717) is 29.1 Å². The van der Waals surface area contributed by atoms with Crippen LogP contribution in [0, 0.1) is 46.3 Å². The van der Waals surface area contributed by atoms with Crippen LogP contribution in [0.4, 0.5) is 0 Å². The number of carbonyl (C=O) groups excluding carboxylic acids is 1. The molecule has 0 spiro atoms. The first-order valence-electron chi connectivity index (χ1n) is 13.6. The molecule has 2 aliphatic heterocycles. The third-order valence-electron chi connectivity index (χ3n) is 11.2. The van der Waals surface area contributed by atoms with Gasteiger partial charge in [0.1, 0.15) is 12.2 Å². The molecule has 4 nitrogen and oxygen atoms in total. The lowest BCUT2D eigenvalue weighted by molar-refractivity contribution is -0.195. The molecule has 0 aromatic rings. The molecule has 33 heavy (non-hydrogen) atoms. The molecule has 0 unspecified atom stereocenters. The van der Waals surface area contributed by atoms with Crippen molar-refractivity contribution < 1.29 is 19.0 Å². The number of ketones is 1. The van der Waals surface area contributed by atoms with E-state index in [2.05, 4.69) is 46.8 Å². The maximum atomic E-state index is 12.3. The summed E-state index contributed by atoms with van der Waals surface area (Å²) in [6.45, 7) is 13.4. The summed E-state index contributed by atoms with van der Waals surface area (Å²) in [6.07, 6.45) is 14.0. The summed E-state index contributed by atoms with van der Waals surface area (Å²) in [7, 11) is 0. The van der Waals surface area contributed by atoms with Gasteiger partial charge in [0.15, 0.2) is 11.6 Å². The van der Waals surface area contributed by atoms with Crippen LogP contribution in [-0.2, 0) is 19.0 Å². The van der Waals surface area contributed by atoms with Crippen LogP contribution in [0.2, 0.25) is 0 Å². The number of allylic oxidation sites excluding steroid dienone is 2. The lowest BCUT2D eigenvalue weighted by Crippen LogP contribution is -2.52. The van der Waals surface area contributed by atoms with E-state index in [1.54, 1.807) is 0 Å². The van der Waals surface area contributed by atoms with Crippen LogP contribution in [-0.4, -0.2) is 37.0 Å². The highest BCUT2D eigenvalue weighted by Crippen LogP contribution is 2.68. The number of ether oxygens (including phenoxy) is 3. The van der Waals surface area contributed by atoms with Crippen LogP contribution in [0.25, 0.3) is 0 Å². The first-order valence-corrected chi connectivity index (χ1v) is 13.6. The fourth-order valence-corrected chi connectivity index (χ4v) is 9.21. The largest absolute Gasteiger partial charge is 0.360 e.